The van der Waals surface area contributed by atoms with Crippen LogP contribution in [-0.2, 0) is 23.9 Å². The smallest absolute Gasteiger partial charge is 0.416 e. The molecule has 1 aliphatic heterocycles. The minimum atomic E-state index is -4.45. The molecule has 3 nitrogen and oxygen atoms in total. The van der Waals surface area contributed by atoms with Gasteiger partial charge in [0.25, 0.3) is 0 Å². The van der Waals surface area contributed by atoms with E-state index in [0.717, 1.165) is 35.4 Å². The average Bonchev–Trinajstić information content (AvgIpc) is 2.61. The Hall–Kier alpha value is -2.83. The number of alkyl halides is 3. The Labute approximate surface area is 147 Å². The van der Waals surface area contributed by atoms with Crippen molar-refractivity contribution in [1.82, 2.24) is 4.90 Å². The van der Waals surface area contributed by atoms with E-state index in [1.807, 2.05) is 0 Å². The van der Waals surface area contributed by atoms with Crippen LogP contribution in [0, 0.1) is 5.82 Å². The standard InChI is InChI=1S/C19H15F4NO2/c1-2-18(25)24-8-7-12-9-16(20)17(10-13(12)11-24)26-15-5-3-14(4-6-15)19(21,22)23/h2-6,9-10H,1,7-8,11H2. The van der Waals surface area contributed by atoms with Gasteiger partial charge in [-0.3, -0.25) is 4.79 Å². The molecule has 0 fully saturated rings. The normalized spacial score (nSPS) is 13.9. The first kappa shape index (κ1) is 18.0. The second-order valence-electron chi connectivity index (χ2n) is 5.89. The Morgan fingerprint density at radius 3 is 2.46 bits per heavy atom. The zero-order valence-corrected chi connectivity index (χ0v) is 13.6. The molecule has 0 atom stereocenters. The molecular formula is C19H15F4NO2. The Morgan fingerprint density at radius 1 is 1.15 bits per heavy atom. The summed E-state index contributed by atoms with van der Waals surface area (Å²) < 4.78 is 57.4. The molecule has 3 rings (SSSR count). The number of hydrogen-bond acceptors (Lipinski definition) is 2. The number of hydrogen-bond donors (Lipinski definition) is 0. The highest BCUT2D eigenvalue weighted by Crippen LogP contribution is 2.33. The molecule has 0 bridgehead atoms. The number of ether oxygens (including phenoxy) is 1. The van der Waals surface area contributed by atoms with Gasteiger partial charge in [-0.2, -0.15) is 13.2 Å². The SMILES string of the molecule is C=CC(=O)N1CCc2cc(F)c(Oc3ccc(C(F)(F)F)cc3)cc2C1. The van der Waals surface area contributed by atoms with E-state index in [4.69, 9.17) is 4.74 Å². The fraction of sp³-hybridized carbons (Fsp3) is 0.211. The average molecular weight is 365 g/mol. The summed E-state index contributed by atoms with van der Waals surface area (Å²) in [7, 11) is 0. The van der Waals surface area contributed by atoms with Gasteiger partial charge in [0, 0.05) is 13.1 Å². The fourth-order valence-corrected chi connectivity index (χ4v) is 2.79. The second-order valence-corrected chi connectivity index (χ2v) is 5.89. The molecule has 0 aliphatic carbocycles. The highest BCUT2D eigenvalue weighted by molar-refractivity contribution is 5.87. The lowest BCUT2D eigenvalue weighted by Gasteiger charge is -2.28. The van der Waals surface area contributed by atoms with Gasteiger partial charge in [0.05, 0.1) is 5.56 Å². The van der Waals surface area contributed by atoms with Crippen molar-refractivity contribution in [2.45, 2.75) is 19.1 Å². The molecule has 2 aromatic carbocycles. The third-order valence-corrected chi connectivity index (χ3v) is 4.16. The molecule has 0 spiro atoms. The highest BCUT2D eigenvalue weighted by Gasteiger charge is 2.30. The summed E-state index contributed by atoms with van der Waals surface area (Å²) in [6, 6.07) is 6.83. The Balaban J connectivity index is 1.83. The predicted molar refractivity (Wildman–Crippen MR) is 87.2 cm³/mol. The van der Waals surface area contributed by atoms with Crippen LogP contribution in [0.4, 0.5) is 17.6 Å². The molecule has 1 heterocycles. The Bertz CT molecular complexity index is 844. The van der Waals surface area contributed by atoms with Crippen molar-refractivity contribution in [3.05, 3.63) is 71.6 Å². The largest absolute Gasteiger partial charge is 0.454 e. The second kappa shape index (κ2) is 6.82. The third-order valence-electron chi connectivity index (χ3n) is 4.16. The van der Waals surface area contributed by atoms with Crippen molar-refractivity contribution in [3.8, 4) is 11.5 Å². The summed E-state index contributed by atoms with van der Waals surface area (Å²) in [6.45, 7) is 4.21. The van der Waals surface area contributed by atoms with Crippen LogP contribution in [0.3, 0.4) is 0 Å². The summed E-state index contributed by atoms with van der Waals surface area (Å²) in [5.41, 5.74) is 0.694. The lowest BCUT2D eigenvalue weighted by molar-refractivity contribution is -0.137. The van der Waals surface area contributed by atoms with Gasteiger partial charge in [-0.05, 0) is 60.0 Å². The van der Waals surface area contributed by atoms with E-state index in [2.05, 4.69) is 6.58 Å². The van der Waals surface area contributed by atoms with Crippen LogP contribution in [0.15, 0.2) is 49.1 Å². The maximum Gasteiger partial charge on any atom is 0.416 e. The maximum atomic E-state index is 14.3. The minimum Gasteiger partial charge on any atom is -0.454 e. The molecule has 0 radical (unpaired) electrons. The summed E-state index contributed by atoms with van der Waals surface area (Å²) >= 11 is 0. The lowest BCUT2D eigenvalue weighted by atomic mass is 9.99. The van der Waals surface area contributed by atoms with Crippen molar-refractivity contribution >= 4 is 5.91 Å². The summed E-state index contributed by atoms with van der Waals surface area (Å²) in [5, 5.41) is 0. The van der Waals surface area contributed by atoms with Crippen LogP contribution in [-0.4, -0.2) is 17.4 Å². The lowest BCUT2D eigenvalue weighted by Crippen LogP contribution is -2.34. The van der Waals surface area contributed by atoms with Crippen LogP contribution in [0.2, 0.25) is 0 Å². The zero-order valence-electron chi connectivity index (χ0n) is 13.6. The van der Waals surface area contributed by atoms with Crippen molar-refractivity contribution in [3.63, 3.8) is 0 Å². The van der Waals surface area contributed by atoms with Crippen LogP contribution in [0.1, 0.15) is 16.7 Å². The molecule has 0 aromatic heterocycles. The van der Waals surface area contributed by atoms with Crippen molar-refractivity contribution < 1.29 is 27.1 Å². The van der Waals surface area contributed by atoms with Gasteiger partial charge in [-0.1, -0.05) is 6.58 Å². The zero-order chi connectivity index (χ0) is 18.9. The molecule has 1 amide bonds. The molecule has 0 saturated heterocycles. The summed E-state index contributed by atoms with van der Waals surface area (Å²) in [6.07, 6.45) is -2.72. The fourth-order valence-electron chi connectivity index (χ4n) is 2.79. The van der Waals surface area contributed by atoms with Gasteiger partial charge in [-0.25, -0.2) is 4.39 Å². The highest BCUT2D eigenvalue weighted by atomic mass is 19.4. The molecule has 0 saturated carbocycles. The first-order valence-corrected chi connectivity index (χ1v) is 7.85. The molecular weight excluding hydrogens is 350 g/mol. The van der Waals surface area contributed by atoms with Crippen LogP contribution < -0.4 is 4.74 Å². The van der Waals surface area contributed by atoms with Crippen molar-refractivity contribution in [2.75, 3.05) is 6.54 Å². The number of rotatable bonds is 3. The number of benzene rings is 2. The predicted octanol–water partition coefficient (Wildman–Crippen LogP) is 4.71. The molecule has 26 heavy (non-hydrogen) atoms. The van der Waals surface area contributed by atoms with E-state index >= 15 is 0 Å². The van der Waals surface area contributed by atoms with E-state index in [0.29, 0.717) is 19.5 Å². The maximum absolute atomic E-state index is 14.3. The van der Waals surface area contributed by atoms with Gasteiger partial charge >= 0.3 is 6.18 Å². The number of nitrogens with zero attached hydrogens (tertiary/aromatic N) is 1. The molecule has 7 heteroatoms. The molecule has 2 aromatic rings. The van der Waals surface area contributed by atoms with E-state index in [9.17, 15) is 22.4 Å². The van der Waals surface area contributed by atoms with Gasteiger partial charge < -0.3 is 9.64 Å². The number of carbonyl (C=O) groups is 1. The van der Waals surface area contributed by atoms with Crippen LogP contribution in [0.25, 0.3) is 0 Å². The van der Waals surface area contributed by atoms with Gasteiger partial charge in [-0.15, -0.1) is 0 Å². The van der Waals surface area contributed by atoms with Crippen molar-refractivity contribution in [2.24, 2.45) is 0 Å². The third kappa shape index (κ3) is 3.71. The van der Waals surface area contributed by atoms with E-state index in [1.165, 1.54) is 18.2 Å². The topological polar surface area (TPSA) is 29.5 Å². The summed E-state index contributed by atoms with van der Waals surface area (Å²) in [5.74, 6) is -0.833. The van der Waals surface area contributed by atoms with Gasteiger partial charge in [0.1, 0.15) is 5.75 Å². The molecule has 0 unspecified atom stereocenters. The van der Waals surface area contributed by atoms with Crippen LogP contribution >= 0.6 is 0 Å². The Kier molecular flexibility index (Phi) is 4.71. The molecule has 1 aliphatic rings. The first-order chi connectivity index (χ1) is 12.3. The monoisotopic (exact) mass is 365 g/mol. The van der Waals surface area contributed by atoms with E-state index < -0.39 is 17.6 Å². The molecule has 136 valence electrons. The first-order valence-electron chi connectivity index (χ1n) is 7.85. The van der Waals surface area contributed by atoms with Crippen molar-refractivity contribution in [1.29, 1.82) is 0 Å². The van der Waals surface area contributed by atoms with Crippen LogP contribution in [0.5, 0.6) is 11.5 Å². The van der Waals surface area contributed by atoms with E-state index in [1.54, 1.807) is 4.90 Å². The minimum absolute atomic E-state index is 0.0895. The molecule has 0 N–H and O–H groups in total. The number of halogens is 4. The number of amides is 1. The van der Waals surface area contributed by atoms with Gasteiger partial charge in [0.15, 0.2) is 11.6 Å². The number of fused-ring (bicyclic) bond motifs is 1. The Morgan fingerprint density at radius 2 is 1.85 bits per heavy atom. The number of carbonyl (C=O) groups excluding carboxylic acids is 1. The summed E-state index contributed by atoms with van der Waals surface area (Å²) in [4.78, 5) is 13.3. The van der Waals surface area contributed by atoms with Gasteiger partial charge in [0.2, 0.25) is 5.91 Å². The quantitative estimate of drug-likeness (QED) is 0.583. The van der Waals surface area contributed by atoms with E-state index in [-0.39, 0.29) is 17.4 Å².